The van der Waals surface area contributed by atoms with Gasteiger partial charge in [0, 0.05) is 32.7 Å². The number of nitrogens with one attached hydrogen (secondary N) is 1. The molecule has 1 aliphatic heterocycles. The van der Waals surface area contributed by atoms with Gasteiger partial charge in [-0.25, -0.2) is 0 Å². The Balaban J connectivity index is 2.08. The number of hydrogen-bond donors (Lipinski definition) is 1. The van der Waals surface area contributed by atoms with Crippen LogP contribution < -0.4 is 5.32 Å². The summed E-state index contributed by atoms with van der Waals surface area (Å²) >= 11 is 5.46. The van der Waals surface area contributed by atoms with Gasteiger partial charge in [-0.3, -0.25) is 0 Å². The van der Waals surface area contributed by atoms with E-state index in [0.29, 0.717) is 0 Å². The minimum atomic E-state index is 0.244. The van der Waals surface area contributed by atoms with E-state index in [1.165, 1.54) is 20.9 Å². The quantitative estimate of drug-likeness (QED) is 0.812. The third-order valence-corrected chi connectivity index (χ3v) is 5.18. The van der Waals surface area contributed by atoms with Crippen molar-refractivity contribution in [1.82, 2.24) is 5.32 Å². The molecule has 2 aromatic rings. The van der Waals surface area contributed by atoms with Crippen LogP contribution in [-0.4, -0.2) is 6.54 Å². The van der Waals surface area contributed by atoms with E-state index in [2.05, 4.69) is 65.4 Å². The number of halogens is 1. The molecule has 0 saturated carbocycles. The Morgan fingerprint density at radius 2 is 2.11 bits per heavy atom. The predicted molar refractivity (Wildman–Crippen MR) is 82.2 cm³/mol. The van der Waals surface area contributed by atoms with Crippen molar-refractivity contribution in [3.05, 3.63) is 45.2 Å². The fraction of sp³-hybridized carbons (Fsp3) is 0.333. The third kappa shape index (κ3) is 2.15. The van der Waals surface area contributed by atoms with Gasteiger partial charge in [0.1, 0.15) is 0 Å². The monoisotopic (exact) mass is 321 g/mol. The molecule has 0 atom stereocenters. The zero-order valence-electron chi connectivity index (χ0n) is 10.6. The smallest absolute Gasteiger partial charge is 0.0349 e. The van der Waals surface area contributed by atoms with E-state index in [1.54, 1.807) is 0 Å². The molecule has 0 radical (unpaired) electrons. The third-order valence-electron chi connectivity index (χ3n) is 3.50. The number of benzene rings is 1. The molecule has 0 spiro atoms. The van der Waals surface area contributed by atoms with E-state index >= 15 is 0 Å². The fourth-order valence-electron chi connectivity index (χ4n) is 2.50. The van der Waals surface area contributed by atoms with Gasteiger partial charge < -0.3 is 5.32 Å². The molecule has 0 saturated heterocycles. The predicted octanol–water partition coefficient (Wildman–Crippen LogP) is 4.56. The highest BCUT2D eigenvalue weighted by molar-refractivity contribution is 9.10. The van der Waals surface area contributed by atoms with Gasteiger partial charge in [-0.1, -0.05) is 41.9 Å². The fourth-order valence-corrected chi connectivity index (χ4v) is 4.21. The van der Waals surface area contributed by atoms with Gasteiger partial charge in [0.25, 0.3) is 0 Å². The van der Waals surface area contributed by atoms with Crippen molar-refractivity contribution in [1.29, 1.82) is 0 Å². The van der Waals surface area contributed by atoms with Crippen LogP contribution in [-0.2, 0) is 12.0 Å². The topological polar surface area (TPSA) is 12.0 Å². The maximum Gasteiger partial charge on any atom is 0.0349 e. The van der Waals surface area contributed by atoms with Gasteiger partial charge in [0.05, 0.1) is 0 Å². The molecule has 18 heavy (non-hydrogen) atoms. The summed E-state index contributed by atoms with van der Waals surface area (Å²) in [5, 5.41) is 3.51. The lowest BCUT2D eigenvalue weighted by molar-refractivity contribution is 0.440. The van der Waals surface area contributed by atoms with E-state index in [9.17, 15) is 0 Å². The summed E-state index contributed by atoms with van der Waals surface area (Å²) < 4.78 is 1.14. The second-order valence-electron chi connectivity index (χ2n) is 5.45. The first-order chi connectivity index (χ1) is 8.56. The van der Waals surface area contributed by atoms with E-state index in [1.807, 2.05) is 11.3 Å². The largest absolute Gasteiger partial charge is 0.311 e. The summed E-state index contributed by atoms with van der Waals surface area (Å²) in [6.07, 6.45) is 0. The molecule has 2 heterocycles. The normalized spacial score (nSPS) is 17.5. The van der Waals surface area contributed by atoms with Crippen LogP contribution in [0.2, 0.25) is 0 Å². The summed E-state index contributed by atoms with van der Waals surface area (Å²) in [4.78, 5) is 2.86. The first-order valence-corrected chi connectivity index (χ1v) is 7.77. The summed E-state index contributed by atoms with van der Waals surface area (Å²) in [6.45, 7) is 6.71. The maximum atomic E-state index is 3.55. The Morgan fingerprint density at radius 3 is 2.83 bits per heavy atom. The van der Waals surface area contributed by atoms with Crippen molar-refractivity contribution in [2.45, 2.75) is 25.8 Å². The SMILES string of the molecule is CC1(C)CNCc2sc(-c3cccc(Br)c3)cc21. The van der Waals surface area contributed by atoms with Crippen LogP contribution in [0, 0.1) is 0 Å². The molecule has 1 N–H and O–H groups in total. The number of rotatable bonds is 1. The van der Waals surface area contributed by atoms with Crippen molar-refractivity contribution in [3.8, 4) is 10.4 Å². The van der Waals surface area contributed by atoms with E-state index in [-0.39, 0.29) is 5.41 Å². The van der Waals surface area contributed by atoms with Gasteiger partial charge in [-0.2, -0.15) is 0 Å². The number of fused-ring (bicyclic) bond motifs is 1. The van der Waals surface area contributed by atoms with Gasteiger partial charge >= 0.3 is 0 Å². The van der Waals surface area contributed by atoms with Crippen LogP contribution in [0.5, 0.6) is 0 Å². The van der Waals surface area contributed by atoms with Crippen LogP contribution in [0.15, 0.2) is 34.8 Å². The van der Waals surface area contributed by atoms with Crippen LogP contribution in [0.1, 0.15) is 24.3 Å². The molecule has 0 amide bonds. The average Bonchev–Trinajstić information content (AvgIpc) is 2.74. The van der Waals surface area contributed by atoms with Gasteiger partial charge in [0.15, 0.2) is 0 Å². The highest BCUT2D eigenvalue weighted by Gasteiger charge is 2.29. The number of thiophene rings is 1. The first-order valence-electron chi connectivity index (χ1n) is 6.16. The lowest BCUT2D eigenvalue weighted by Crippen LogP contribution is -2.37. The molecule has 3 heteroatoms. The van der Waals surface area contributed by atoms with Crippen LogP contribution in [0.4, 0.5) is 0 Å². The molecule has 0 unspecified atom stereocenters. The zero-order chi connectivity index (χ0) is 12.8. The molecule has 0 aliphatic carbocycles. The Bertz CT molecular complexity index is 586. The van der Waals surface area contributed by atoms with Crippen LogP contribution >= 0.6 is 27.3 Å². The Kier molecular flexibility index (Phi) is 3.08. The van der Waals surface area contributed by atoms with Crippen molar-refractivity contribution < 1.29 is 0 Å². The van der Waals surface area contributed by atoms with Crippen molar-refractivity contribution >= 4 is 27.3 Å². The van der Waals surface area contributed by atoms with Gasteiger partial charge in [-0.05, 0) is 29.3 Å². The second kappa shape index (κ2) is 4.48. The minimum absolute atomic E-state index is 0.244. The molecule has 0 bridgehead atoms. The van der Waals surface area contributed by atoms with Crippen molar-refractivity contribution in [2.24, 2.45) is 0 Å². The molecule has 1 nitrogen and oxygen atoms in total. The molecule has 1 aromatic carbocycles. The average molecular weight is 322 g/mol. The van der Waals surface area contributed by atoms with E-state index in [4.69, 9.17) is 0 Å². The molecule has 0 fully saturated rings. The Hall–Kier alpha value is -0.640. The highest BCUT2D eigenvalue weighted by Crippen LogP contribution is 2.39. The van der Waals surface area contributed by atoms with Crippen molar-refractivity contribution in [3.63, 3.8) is 0 Å². The minimum Gasteiger partial charge on any atom is -0.311 e. The molecule has 94 valence electrons. The van der Waals surface area contributed by atoms with Crippen molar-refractivity contribution in [2.75, 3.05) is 6.54 Å². The van der Waals surface area contributed by atoms with Gasteiger partial charge in [-0.15, -0.1) is 11.3 Å². The Morgan fingerprint density at radius 1 is 1.28 bits per heavy atom. The molecule has 1 aromatic heterocycles. The molecule has 1 aliphatic rings. The summed E-state index contributed by atoms with van der Waals surface area (Å²) in [5.74, 6) is 0. The zero-order valence-corrected chi connectivity index (χ0v) is 13.0. The van der Waals surface area contributed by atoms with E-state index < -0.39 is 0 Å². The van der Waals surface area contributed by atoms with Gasteiger partial charge in [0.2, 0.25) is 0 Å². The number of hydrogen-bond acceptors (Lipinski definition) is 2. The summed E-state index contributed by atoms with van der Waals surface area (Å²) in [6, 6.07) is 10.9. The first kappa shape index (κ1) is 12.4. The molecule has 3 rings (SSSR count). The second-order valence-corrected chi connectivity index (χ2v) is 7.50. The lowest BCUT2D eigenvalue weighted by Gasteiger charge is -2.30. The summed E-state index contributed by atoms with van der Waals surface area (Å²) in [7, 11) is 0. The Labute approximate surface area is 120 Å². The van der Waals surface area contributed by atoms with E-state index in [0.717, 1.165) is 17.6 Å². The van der Waals surface area contributed by atoms with Crippen LogP contribution in [0.3, 0.4) is 0 Å². The standard InChI is InChI=1S/C15H16BrNS/c1-15(2)9-17-8-14-12(15)7-13(18-14)10-4-3-5-11(16)6-10/h3-7,17H,8-9H2,1-2H3. The van der Waals surface area contributed by atoms with Crippen LogP contribution in [0.25, 0.3) is 10.4 Å². The highest BCUT2D eigenvalue weighted by atomic mass is 79.9. The maximum absolute atomic E-state index is 3.55. The lowest BCUT2D eigenvalue weighted by atomic mass is 9.82. The molecular weight excluding hydrogens is 306 g/mol. The molecular formula is C15H16BrNS. The summed E-state index contributed by atoms with van der Waals surface area (Å²) in [5.41, 5.74) is 3.06.